The summed E-state index contributed by atoms with van der Waals surface area (Å²) in [5.74, 6) is 0.294. The zero-order chi connectivity index (χ0) is 11.6. The van der Waals surface area contributed by atoms with Crippen LogP contribution in [0, 0.1) is 0 Å². The molecule has 0 aromatic heterocycles. The summed E-state index contributed by atoms with van der Waals surface area (Å²) in [4.78, 5) is 22.7. The van der Waals surface area contributed by atoms with E-state index in [0.717, 1.165) is 12.8 Å². The molecule has 0 radical (unpaired) electrons. The Morgan fingerprint density at radius 1 is 1.38 bits per heavy atom. The SMILES string of the molecule is CC(=O)CCN1NC2(CCCCC2)CC1=O. The van der Waals surface area contributed by atoms with Gasteiger partial charge in [0.25, 0.3) is 0 Å². The Morgan fingerprint density at radius 3 is 2.69 bits per heavy atom. The standard InChI is InChI=1S/C12H20N2O2/c1-10(15)5-8-14-11(16)9-12(13-14)6-3-2-4-7-12/h13H,2-9H2,1H3. The van der Waals surface area contributed by atoms with E-state index in [9.17, 15) is 9.59 Å². The largest absolute Gasteiger partial charge is 0.300 e. The van der Waals surface area contributed by atoms with Crippen LogP contribution in [0.2, 0.25) is 0 Å². The molecular formula is C12H20N2O2. The zero-order valence-electron chi connectivity index (χ0n) is 9.92. The van der Waals surface area contributed by atoms with Gasteiger partial charge in [-0.3, -0.25) is 14.6 Å². The maximum absolute atomic E-state index is 11.8. The van der Waals surface area contributed by atoms with Gasteiger partial charge in [0.1, 0.15) is 5.78 Å². The molecule has 4 heteroatoms. The summed E-state index contributed by atoms with van der Waals surface area (Å²) in [7, 11) is 0. The van der Waals surface area contributed by atoms with E-state index in [1.807, 2.05) is 0 Å². The molecule has 1 heterocycles. The first-order valence-corrected chi connectivity index (χ1v) is 6.19. The van der Waals surface area contributed by atoms with Crippen molar-refractivity contribution in [2.45, 2.75) is 57.4 Å². The van der Waals surface area contributed by atoms with E-state index in [0.29, 0.717) is 19.4 Å². The molecule has 2 rings (SSSR count). The first kappa shape index (κ1) is 11.6. The highest BCUT2D eigenvalue weighted by molar-refractivity contribution is 5.81. The van der Waals surface area contributed by atoms with Crippen LogP contribution in [0.5, 0.6) is 0 Å². The Labute approximate surface area is 96.3 Å². The highest BCUT2D eigenvalue weighted by Crippen LogP contribution is 2.35. The van der Waals surface area contributed by atoms with Crippen LogP contribution in [0.3, 0.4) is 0 Å². The van der Waals surface area contributed by atoms with Crippen molar-refractivity contribution >= 4 is 11.7 Å². The number of hydrazine groups is 1. The quantitative estimate of drug-likeness (QED) is 0.788. The maximum Gasteiger partial charge on any atom is 0.238 e. The fourth-order valence-electron chi connectivity index (χ4n) is 2.74. The minimum absolute atomic E-state index is 0.0200. The molecule has 1 spiro atoms. The van der Waals surface area contributed by atoms with Crippen LogP contribution in [-0.4, -0.2) is 28.8 Å². The lowest BCUT2D eigenvalue weighted by Gasteiger charge is -2.33. The number of hydrogen-bond acceptors (Lipinski definition) is 3. The molecule has 0 aromatic rings. The Morgan fingerprint density at radius 2 is 2.06 bits per heavy atom. The molecule has 2 fully saturated rings. The highest BCUT2D eigenvalue weighted by atomic mass is 16.2. The lowest BCUT2D eigenvalue weighted by Crippen LogP contribution is -2.47. The normalized spacial score (nSPS) is 24.1. The average molecular weight is 224 g/mol. The maximum atomic E-state index is 11.8. The van der Waals surface area contributed by atoms with Crippen LogP contribution < -0.4 is 5.43 Å². The van der Waals surface area contributed by atoms with Gasteiger partial charge in [-0.05, 0) is 19.8 Å². The van der Waals surface area contributed by atoms with Crippen LogP contribution >= 0.6 is 0 Å². The Bertz CT molecular complexity index is 295. The van der Waals surface area contributed by atoms with E-state index in [1.54, 1.807) is 11.9 Å². The molecule has 0 aromatic carbocycles. The molecule has 16 heavy (non-hydrogen) atoms. The minimum Gasteiger partial charge on any atom is -0.300 e. The molecule has 1 aliphatic heterocycles. The number of hydrogen-bond donors (Lipinski definition) is 1. The number of rotatable bonds is 3. The summed E-state index contributed by atoms with van der Waals surface area (Å²) >= 11 is 0. The molecule has 2 aliphatic rings. The number of carbonyl (C=O) groups is 2. The predicted molar refractivity (Wildman–Crippen MR) is 60.6 cm³/mol. The first-order chi connectivity index (χ1) is 7.61. The molecule has 90 valence electrons. The van der Waals surface area contributed by atoms with Gasteiger partial charge in [0.15, 0.2) is 0 Å². The van der Waals surface area contributed by atoms with Crippen LogP contribution in [0.1, 0.15) is 51.9 Å². The number of ketones is 1. The Kier molecular flexibility index (Phi) is 3.28. The van der Waals surface area contributed by atoms with Crippen molar-refractivity contribution in [3.05, 3.63) is 0 Å². The van der Waals surface area contributed by atoms with Gasteiger partial charge >= 0.3 is 0 Å². The van der Waals surface area contributed by atoms with Gasteiger partial charge in [-0.25, -0.2) is 5.43 Å². The topological polar surface area (TPSA) is 49.4 Å². The van der Waals surface area contributed by atoms with Crippen LogP contribution in [-0.2, 0) is 9.59 Å². The summed E-state index contributed by atoms with van der Waals surface area (Å²) in [5.41, 5.74) is 3.36. The second-order valence-electron chi connectivity index (χ2n) is 5.13. The molecule has 4 nitrogen and oxygen atoms in total. The van der Waals surface area contributed by atoms with E-state index in [4.69, 9.17) is 0 Å². The Balaban J connectivity index is 1.92. The number of Topliss-reactive ketones (excluding diaryl/α,β-unsaturated/α-hetero) is 1. The van der Waals surface area contributed by atoms with Crippen molar-refractivity contribution in [3.8, 4) is 0 Å². The molecule has 0 atom stereocenters. The highest BCUT2D eigenvalue weighted by Gasteiger charge is 2.42. The van der Waals surface area contributed by atoms with Crippen molar-refractivity contribution in [3.63, 3.8) is 0 Å². The third-order valence-electron chi connectivity index (χ3n) is 3.66. The van der Waals surface area contributed by atoms with E-state index in [2.05, 4.69) is 5.43 Å². The van der Waals surface area contributed by atoms with Gasteiger partial charge in [0.2, 0.25) is 5.91 Å². The van der Waals surface area contributed by atoms with Gasteiger partial charge < -0.3 is 0 Å². The molecule has 1 aliphatic carbocycles. The third kappa shape index (κ3) is 2.43. The van der Waals surface area contributed by atoms with Crippen molar-refractivity contribution < 1.29 is 9.59 Å². The zero-order valence-corrected chi connectivity index (χ0v) is 9.92. The second kappa shape index (κ2) is 4.53. The number of carbonyl (C=O) groups excluding carboxylic acids is 2. The fourth-order valence-corrected chi connectivity index (χ4v) is 2.74. The molecule has 1 saturated carbocycles. The summed E-state index contributed by atoms with van der Waals surface area (Å²) in [6.45, 7) is 2.09. The molecule has 0 unspecified atom stereocenters. The summed E-state index contributed by atoms with van der Waals surface area (Å²) in [6.07, 6.45) is 6.96. The molecular weight excluding hydrogens is 204 g/mol. The smallest absolute Gasteiger partial charge is 0.238 e. The van der Waals surface area contributed by atoms with Crippen molar-refractivity contribution in [2.75, 3.05) is 6.54 Å². The number of amides is 1. The third-order valence-corrected chi connectivity index (χ3v) is 3.66. The number of nitrogens with one attached hydrogen (secondary N) is 1. The fraction of sp³-hybridized carbons (Fsp3) is 0.833. The lowest BCUT2D eigenvalue weighted by molar-refractivity contribution is -0.130. The van der Waals surface area contributed by atoms with Gasteiger partial charge in [-0.2, -0.15) is 0 Å². The second-order valence-corrected chi connectivity index (χ2v) is 5.13. The van der Waals surface area contributed by atoms with E-state index >= 15 is 0 Å². The van der Waals surface area contributed by atoms with Crippen LogP contribution in [0.25, 0.3) is 0 Å². The first-order valence-electron chi connectivity index (χ1n) is 6.19. The Hall–Kier alpha value is -0.900. The lowest BCUT2D eigenvalue weighted by atomic mass is 9.81. The number of nitrogens with zero attached hydrogens (tertiary/aromatic N) is 1. The van der Waals surface area contributed by atoms with E-state index in [1.165, 1.54) is 19.3 Å². The van der Waals surface area contributed by atoms with Gasteiger partial charge in [0.05, 0.1) is 0 Å². The predicted octanol–water partition coefficient (Wildman–Crippen LogP) is 1.41. The van der Waals surface area contributed by atoms with Crippen LogP contribution in [0.15, 0.2) is 0 Å². The molecule has 0 bridgehead atoms. The average Bonchev–Trinajstić information content (AvgIpc) is 2.53. The van der Waals surface area contributed by atoms with Crippen molar-refractivity contribution in [2.24, 2.45) is 0 Å². The monoisotopic (exact) mass is 224 g/mol. The van der Waals surface area contributed by atoms with Gasteiger partial charge in [-0.15, -0.1) is 0 Å². The van der Waals surface area contributed by atoms with Gasteiger partial charge in [-0.1, -0.05) is 19.3 Å². The summed E-state index contributed by atoms with van der Waals surface area (Å²) in [5, 5.41) is 1.66. The molecule has 1 saturated heterocycles. The summed E-state index contributed by atoms with van der Waals surface area (Å²) < 4.78 is 0. The molecule has 1 amide bonds. The minimum atomic E-state index is 0.0200. The van der Waals surface area contributed by atoms with Crippen molar-refractivity contribution in [1.29, 1.82) is 0 Å². The van der Waals surface area contributed by atoms with Crippen molar-refractivity contribution in [1.82, 2.24) is 10.4 Å². The van der Waals surface area contributed by atoms with E-state index < -0.39 is 0 Å². The van der Waals surface area contributed by atoms with E-state index in [-0.39, 0.29) is 17.2 Å². The van der Waals surface area contributed by atoms with Crippen LogP contribution in [0.4, 0.5) is 0 Å². The summed E-state index contributed by atoms with van der Waals surface area (Å²) in [6, 6.07) is 0. The van der Waals surface area contributed by atoms with Gasteiger partial charge in [0, 0.05) is 24.9 Å². The molecule has 1 N–H and O–H groups in total.